The number of carbonyl (C=O) groups excluding carboxylic acids is 2. The first kappa shape index (κ1) is 11.8. The first-order valence-corrected chi connectivity index (χ1v) is 5.85. The lowest BCUT2D eigenvalue weighted by Crippen LogP contribution is -2.46. The van der Waals surface area contributed by atoms with E-state index in [0.717, 1.165) is 5.56 Å². The minimum absolute atomic E-state index is 0.0513. The lowest BCUT2D eigenvalue weighted by molar-refractivity contribution is -0.123. The third-order valence-electron chi connectivity index (χ3n) is 3.43. The summed E-state index contributed by atoms with van der Waals surface area (Å²) < 4.78 is 0. The van der Waals surface area contributed by atoms with Gasteiger partial charge in [-0.25, -0.2) is 0 Å². The van der Waals surface area contributed by atoms with Gasteiger partial charge in [0.15, 0.2) is 5.78 Å². The molecule has 1 aromatic carbocycles. The average molecular weight is 231 g/mol. The lowest BCUT2D eigenvalue weighted by atomic mass is 9.99. The third kappa shape index (κ3) is 1.97. The van der Waals surface area contributed by atoms with Crippen LogP contribution in [0, 0.1) is 6.92 Å². The standard InChI is InChI=1S/C14H17NO2/c1-10-5-4-6-11(9-10)13(17)15-8-7-12(16)14(15,2)3/h4-6,9H,7-8H2,1-3H3. The topological polar surface area (TPSA) is 37.4 Å². The Kier molecular flexibility index (Phi) is 2.77. The first-order chi connectivity index (χ1) is 7.93. The van der Waals surface area contributed by atoms with Gasteiger partial charge in [0.2, 0.25) is 0 Å². The summed E-state index contributed by atoms with van der Waals surface area (Å²) in [4.78, 5) is 25.7. The zero-order valence-corrected chi connectivity index (χ0v) is 10.5. The summed E-state index contributed by atoms with van der Waals surface area (Å²) in [5, 5.41) is 0. The van der Waals surface area contributed by atoms with Crippen molar-refractivity contribution in [1.82, 2.24) is 4.90 Å². The molecule has 1 aliphatic heterocycles. The van der Waals surface area contributed by atoms with E-state index in [2.05, 4.69) is 0 Å². The van der Waals surface area contributed by atoms with Gasteiger partial charge in [-0.1, -0.05) is 17.7 Å². The van der Waals surface area contributed by atoms with Crippen LogP contribution in [0.15, 0.2) is 24.3 Å². The molecule has 1 fully saturated rings. The monoisotopic (exact) mass is 231 g/mol. The van der Waals surface area contributed by atoms with E-state index < -0.39 is 5.54 Å². The molecule has 0 atom stereocenters. The van der Waals surface area contributed by atoms with Gasteiger partial charge in [0, 0.05) is 18.5 Å². The highest BCUT2D eigenvalue weighted by Gasteiger charge is 2.42. The zero-order valence-electron chi connectivity index (χ0n) is 10.5. The van der Waals surface area contributed by atoms with Crippen molar-refractivity contribution >= 4 is 11.7 Å². The van der Waals surface area contributed by atoms with E-state index in [-0.39, 0.29) is 11.7 Å². The Labute approximate surface area is 101 Å². The summed E-state index contributed by atoms with van der Waals surface area (Å²) in [5.74, 6) is 0.0862. The molecule has 1 saturated heterocycles. The molecular weight excluding hydrogens is 214 g/mol. The predicted octanol–water partition coefficient (Wildman–Crippen LogP) is 2.19. The smallest absolute Gasteiger partial charge is 0.254 e. The molecular formula is C14H17NO2. The number of likely N-dealkylation sites (tertiary alicyclic amines) is 1. The van der Waals surface area contributed by atoms with E-state index in [1.54, 1.807) is 11.0 Å². The van der Waals surface area contributed by atoms with Crippen LogP contribution in [0.4, 0.5) is 0 Å². The summed E-state index contributed by atoms with van der Waals surface area (Å²) in [6.07, 6.45) is 0.463. The van der Waals surface area contributed by atoms with Crippen LogP contribution in [0.5, 0.6) is 0 Å². The molecule has 0 unspecified atom stereocenters. The van der Waals surface area contributed by atoms with Crippen molar-refractivity contribution in [2.24, 2.45) is 0 Å². The fraction of sp³-hybridized carbons (Fsp3) is 0.429. The van der Waals surface area contributed by atoms with E-state index in [9.17, 15) is 9.59 Å². The highest BCUT2D eigenvalue weighted by molar-refractivity contribution is 6.01. The molecule has 1 aliphatic rings. The molecule has 17 heavy (non-hydrogen) atoms. The first-order valence-electron chi connectivity index (χ1n) is 5.85. The van der Waals surface area contributed by atoms with Gasteiger partial charge in [0.1, 0.15) is 0 Å². The van der Waals surface area contributed by atoms with Crippen molar-refractivity contribution in [3.8, 4) is 0 Å². The van der Waals surface area contributed by atoms with Gasteiger partial charge in [-0.3, -0.25) is 9.59 Å². The van der Waals surface area contributed by atoms with Crippen molar-refractivity contribution in [2.45, 2.75) is 32.7 Å². The molecule has 1 amide bonds. The molecule has 0 spiro atoms. The summed E-state index contributed by atoms with van der Waals surface area (Å²) in [6.45, 7) is 6.11. The predicted molar refractivity (Wildman–Crippen MR) is 65.9 cm³/mol. The third-order valence-corrected chi connectivity index (χ3v) is 3.43. The van der Waals surface area contributed by atoms with Gasteiger partial charge in [0.05, 0.1) is 5.54 Å². The molecule has 2 rings (SSSR count). The van der Waals surface area contributed by atoms with Crippen molar-refractivity contribution < 1.29 is 9.59 Å². The number of nitrogens with zero attached hydrogens (tertiary/aromatic N) is 1. The molecule has 0 radical (unpaired) electrons. The van der Waals surface area contributed by atoms with Crippen LogP contribution in [-0.4, -0.2) is 28.7 Å². The van der Waals surface area contributed by atoms with E-state index in [4.69, 9.17) is 0 Å². The molecule has 0 aromatic heterocycles. The number of Topliss-reactive ketones (excluding diaryl/α,β-unsaturated/α-hetero) is 1. The summed E-state index contributed by atoms with van der Waals surface area (Å²) in [6, 6.07) is 7.49. The number of ketones is 1. The second-order valence-electron chi connectivity index (χ2n) is 5.06. The number of amides is 1. The van der Waals surface area contributed by atoms with E-state index >= 15 is 0 Å². The highest BCUT2D eigenvalue weighted by atomic mass is 16.2. The van der Waals surface area contributed by atoms with E-state index in [0.29, 0.717) is 18.5 Å². The molecule has 0 aliphatic carbocycles. The minimum Gasteiger partial charge on any atom is -0.326 e. The van der Waals surface area contributed by atoms with Gasteiger partial charge < -0.3 is 4.90 Å². The number of aryl methyl sites for hydroxylation is 1. The Balaban J connectivity index is 2.30. The van der Waals surface area contributed by atoms with Gasteiger partial charge >= 0.3 is 0 Å². The second-order valence-corrected chi connectivity index (χ2v) is 5.06. The molecule has 1 heterocycles. The summed E-state index contributed by atoms with van der Waals surface area (Å²) in [5.41, 5.74) is 1.05. The number of benzene rings is 1. The maximum Gasteiger partial charge on any atom is 0.254 e. The van der Waals surface area contributed by atoms with Gasteiger partial charge in [-0.15, -0.1) is 0 Å². The zero-order chi connectivity index (χ0) is 12.6. The maximum atomic E-state index is 12.3. The number of carbonyl (C=O) groups is 2. The maximum absolute atomic E-state index is 12.3. The van der Waals surface area contributed by atoms with Crippen LogP contribution in [-0.2, 0) is 4.79 Å². The molecule has 1 aromatic rings. The van der Waals surface area contributed by atoms with Crippen LogP contribution in [0.2, 0.25) is 0 Å². The summed E-state index contributed by atoms with van der Waals surface area (Å²) >= 11 is 0. The van der Waals surface area contributed by atoms with Gasteiger partial charge in [-0.05, 0) is 32.9 Å². The average Bonchev–Trinajstić information content (AvgIpc) is 2.53. The highest BCUT2D eigenvalue weighted by Crippen LogP contribution is 2.26. The van der Waals surface area contributed by atoms with Crippen LogP contribution in [0.25, 0.3) is 0 Å². The van der Waals surface area contributed by atoms with Crippen molar-refractivity contribution in [3.05, 3.63) is 35.4 Å². The Hall–Kier alpha value is -1.64. The molecule has 90 valence electrons. The molecule has 3 heteroatoms. The Morgan fingerprint density at radius 2 is 2.06 bits per heavy atom. The van der Waals surface area contributed by atoms with Crippen LogP contribution < -0.4 is 0 Å². The Morgan fingerprint density at radius 3 is 2.59 bits per heavy atom. The lowest BCUT2D eigenvalue weighted by Gasteiger charge is -2.30. The number of hydrogen-bond acceptors (Lipinski definition) is 2. The minimum atomic E-state index is -0.666. The normalized spacial score (nSPS) is 18.5. The fourth-order valence-electron chi connectivity index (χ4n) is 2.24. The Bertz CT molecular complexity index is 477. The van der Waals surface area contributed by atoms with Crippen LogP contribution in [0.3, 0.4) is 0 Å². The summed E-state index contributed by atoms with van der Waals surface area (Å²) in [7, 11) is 0. The van der Waals surface area contributed by atoms with E-state index in [1.165, 1.54) is 0 Å². The molecule has 0 N–H and O–H groups in total. The number of hydrogen-bond donors (Lipinski definition) is 0. The van der Waals surface area contributed by atoms with Crippen LogP contribution >= 0.6 is 0 Å². The quantitative estimate of drug-likeness (QED) is 0.743. The van der Waals surface area contributed by atoms with E-state index in [1.807, 2.05) is 39.0 Å². The molecule has 3 nitrogen and oxygen atoms in total. The largest absolute Gasteiger partial charge is 0.326 e. The fourth-order valence-corrected chi connectivity index (χ4v) is 2.24. The van der Waals surface area contributed by atoms with Crippen LogP contribution in [0.1, 0.15) is 36.2 Å². The molecule has 0 saturated carbocycles. The van der Waals surface area contributed by atoms with Crippen molar-refractivity contribution in [3.63, 3.8) is 0 Å². The SMILES string of the molecule is Cc1cccc(C(=O)N2CCC(=O)C2(C)C)c1. The molecule has 0 bridgehead atoms. The number of rotatable bonds is 1. The van der Waals surface area contributed by atoms with Crippen molar-refractivity contribution in [2.75, 3.05) is 6.54 Å². The second kappa shape index (κ2) is 3.99. The Morgan fingerprint density at radius 1 is 1.35 bits per heavy atom. The van der Waals surface area contributed by atoms with Crippen molar-refractivity contribution in [1.29, 1.82) is 0 Å². The van der Waals surface area contributed by atoms with Gasteiger partial charge in [0.25, 0.3) is 5.91 Å². The van der Waals surface area contributed by atoms with Gasteiger partial charge in [-0.2, -0.15) is 0 Å².